The van der Waals surface area contributed by atoms with Crippen LogP contribution in [0.25, 0.3) is 0 Å². The Hall–Kier alpha value is -0.0800. The fraction of sp³-hybridized carbons (Fsp3) is 1.00. The van der Waals surface area contributed by atoms with Gasteiger partial charge in [-0.1, -0.05) is 20.8 Å². The zero-order valence-electron chi connectivity index (χ0n) is 9.68. The Kier molecular flexibility index (Phi) is 2.75. The van der Waals surface area contributed by atoms with Crippen molar-refractivity contribution in [3.8, 4) is 0 Å². The lowest BCUT2D eigenvalue weighted by atomic mass is 9.92. The highest BCUT2D eigenvalue weighted by molar-refractivity contribution is 4.81. The third kappa shape index (κ3) is 2.96. The first kappa shape index (κ1) is 11.0. The van der Waals surface area contributed by atoms with E-state index >= 15 is 0 Å². The Morgan fingerprint density at radius 1 is 1.23 bits per heavy atom. The minimum atomic E-state index is -0.0775. The Morgan fingerprint density at radius 3 is 2.15 bits per heavy atom. The van der Waals surface area contributed by atoms with Crippen molar-refractivity contribution >= 4 is 0 Å². The summed E-state index contributed by atoms with van der Waals surface area (Å²) < 4.78 is 11.7. The molecule has 0 aromatic rings. The number of rotatable bonds is 0. The largest absolute Gasteiger partial charge is 0.349 e. The van der Waals surface area contributed by atoms with Crippen LogP contribution in [0.3, 0.4) is 0 Å². The first-order valence-corrected chi connectivity index (χ1v) is 5.04. The molecule has 1 rings (SSSR count). The van der Waals surface area contributed by atoms with Crippen LogP contribution in [0.5, 0.6) is 0 Å². The van der Waals surface area contributed by atoms with E-state index in [2.05, 4.69) is 41.5 Å². The fourth-order valence-corrected chi connectivity index (χ4v) is 1.70. The van der Waals surface area contributed by atoms with Crippen molar-refractivity contribution < 1.29 is 9.47 Å². The molecule has 1 heterocycles. The van der Waals surface area contributed by atoms with Crippen molar-refractivity contribution in [2.45, 2.75) is 66.0 Å². The number of hydrogen-bond acceptors (Lipinski definition) is 2. The third-order valence-electron chi connectivity index (χ3n) is 2.27. The molecule has 0 N–H and O–H groups in total. The van der Waals surface area contributed by atoms with Gasteiger partial charge in [0.2, 0.25) is 0 Å². The first-order chi connectivity index (χ1) is 5.71. The maximum atomic E-state index is 5.89. The average Bonchev–Trinajstić information content (AvgIpc) is 1.79. The molecule has 0 saturated carbocycles. The summed E-state index contributed by atoms with van der Waals surface area (Å²) in [4.78, 5) is 0. The van der Waals surface area contributed by atoms with Crippen LogP contribution < -0.4 is 0 Å². The van der Waals surface area contributed by atoms with Crippen molar-refractivity contribution in [1.29, 1.82) is 0 Å². The van der Waals surface area contributed by atoms with Crippen LogP contribution in [0.2, 0.25) is 0 Å². The predicted molar refractivity (Wildman–Crippen MR) is 53.6 cm³/mol. The third-order valence-corrected chi connectivity index (χ3v) is 2.27. The first-order valence-electron chi connectivity index (χ1n) is 5.04. The Labute approximate surface area is 81.6 Å². The molecule has 0 amide bonds. The minimum absolute atomic E-state index is 0.0460. The molecule has 2 nitrogen and oxygen atoms in total. The van der Waals surface area contributed by atoms with E-state index in [4.69, 9.17) is 9.47 Å². The number of hydrogen-bond donors (Lipinski definition) is 0. The summed E-state index contributed by atoms with van der Waals surface area (Å²) in [6, 6.07) is 0. The lowest BCUT2D eigenvalue weighted by Gasteiger charge is -2.44. The summed E-state index contributed by atoms with van der Waals surface area (Å²) in [6.07, 6.45) is 1.19. The van der Waals surface area contributed by atoms with E-state index in [1.807, 2.05) is 0 Å². The molecule has 0 spiro atoms. The standard InChI is InChI=1S/C11H22O2/c1-8-7-11(5,6)13-9(12-8)10(2,3)4/h8-9H,7H2,1-6H3. The number of ether oxygens (including phenoxy) is 2. The molecule has 13 heavy (non-hydrogen) atoms. The van der Waals surface area contributed by atoms with Crippen LogP contribution in [0.15, 0.2) is 0 Å². The van der Waals surface area contributed by atoms with Crippen molar-refractivity contribution in [1.82, 2.24) is 0 Å². The second kappa shape index (κ2) is 3.25. The second-order valence-corrected chi connectivity index (χ2v) is 5.73. The van der Waals surface area contributed by atoms with Gasteiger partial charge in [0, 0.05) is 11.8 Å². The van der Waals surface area contributed by atoms with Crippen molar-refractivity contribution in [2.75, 3.05) is 0 Å². The van der Waals surface area contributed by atoms with Crippen molar-refractivity contribution in [3.05, 3.63) is 0 Å². The van der Waals surface area contributed by atoms with Gasteiger partial charge in [-0.15, -0.1) is 0 Å². The van der Waals surface area contributed by atoms with E-state index in [1.54, 1.807) is 0 Å². The van der Waals surface area contributed by atoms with Gasteiger partial charge in [-0.2, -0.15) is 0 Å². The molecule has 1 aliphatic rings. The van der Waals surface area contributed by atoms with Crippen LogP contribution in [0.1, 0.15) is 48.0 Å². The highest BCUT2D eigenvalue weighted by Gasteiger charge is 2.39. The second-order valence-electron chi connectivity index (χ2n) is 5.73. The molecule has 0 aromatic carbocycles. The quantitative estimate of drug-likeness (QED) is 0.579. The summed E-state index contributed by atoms with van der Waals surface area (Å²) in [7, 11) is 0. The molecule has 2 unspecified atom stereocenters. The lowest BCUT2D eigenvalue weighted by Crippen LogP contribution is -2.48. The van der Waals surface area contributed by atoms with E-state index in [9.17, 15) is 0 Å². The van der Waals surface area contributed by atoms with Gasteiger partial charge in [0.1, 0.15) is 0 Å². The Balaban J connectivity index is 2.69. The van der Waals surface area contributed by atoms with Gasteiger partial charge in [-0.05, 0) is 20.8 Å². The molecule has 0 aliphatic carbocycles. The van der Waals surface area contributed by atoms with Crippen LogP contribution in [0.4, 0.5) is 0 Å². The van der Waals surface area contributed by atoms with Crippen LogP contribution in [-0.2, 0) is 9.47 Å². The molecule has 0 bridgehead atoms. The van der Waals surface area contributed by atoms with E-state index in [1.165, 1.54) is 0 Å². The summed E-state index contributed by atoms with van der Waals surface area (Å²) in [5, 5.41) is 0. The summed E-state index contributed by atoms with van der Waals surface area (Å²) in [6.45, 7) is 12.8. The zero-order chi connectivity index (χ0) is 10.3. The molecule has 2 atom stereocenters. The predicted octanol–water partition coefficient (Wildman–Crippen LogP) is 2.96. The summed E-state index contributed by atoms with van der Waals surface area (Å²) in [5.41, 5.74) is 0.0154. The zero-order valence-corrected chi connectivity index (χ0v) is 9.68. The molecular formula is C11H22O2. The van der Waals surface area contributed by atoms with Gasteiger partial charge in [-0.3, -0.25) is 0 Å². The highest BCUT2D eigenvalue weighted by atomic mass is 16.7. The summed E-state index contributed by atoms with van der Waals surface area (Å²) in [5.74, 6) is 0. The molecule has 78 valence electrons. The van der Waals surface area contributed by atoms with Gasteiger partial charge in [0.15, 0.2) is 6.29 Å². The van der Waals surface area contributed by atoms with Crippen molar-refractivity contribution in [2.24, 2.45) is 5.41 Å². The molecule has 0 radical (unpaired) electrons. The van der Waals surface area contributed by atoms with Crippen molar-refractivity contribution in [3.63, 3.8) is 0 Å². The van der Waals surface area contributed by atoms with Crippen LogP contribution in [-0.4, -0.2) is 18.0 Å². The van der Waals surface area contributed by atoms with E-state index in [0.717, 1.165) is 6.42 Å². The monoisotopic (exact) mass is 186 g/mol. The topological polar surface area (TPSA) is 18.5 Å². The van der Waals surface area contributed by atoms with Crippen LogP contribution >= 0.6 is 0 Å². The highest BCUT2D eigenvalue weighted by Crippen LogP contribution is 2.35. The fourth-order valence-electron chi connectivity index (χ4n) is 1.70. The Bertz CT molecular complexity index is 179. The molecule has 2 heteroatoms. The van der Waals surface area contributed by atoms with E-state index in [0.29, 0.717) is 6.10 Å². The SMILES string of the molecule is CC1CC(C)(C)OC(C(C)(C)C)O1. The maximum Gasteiger partial charge on any atom is 0.163 e. The molecule has 0 aromatic heterocycles. The maximum absolute atomic E-state index is 5.89. The minimum Gasteiger partial charge on any atom is -0.349 e. The van der Waals surface area contributed by atoms with Crippen LogP contribution in [0, 0.1) is 5.41 Å². The lowest BCUT2D eigenvalue weighted by molar-refractivity contribution is -0.301. The molecule has 1 aliphatic heterocycles. The van der Waals surface area contributed by atoms with Gasteiger partial charge < -0.3 is 9.47 Å². The van der Waals surface area contributed by atoms with Gasteiger partial charge in [0.25, 0.3) is 0 Å². The van der Waals surface area contributed by atoms with Gasteiger partial charge in [-0.25, -0.2) is 0 Å². The van der Waals surface area contributed by atoms with E-state index < -0.39 is 0 Å². The molecule has 1 saturated heterocycles. The molecule has 1 fully saturated rings. The average molecular weight is 186 g/mol. The van der Waals surface area contributed by atoms with Gasteiger partial charge in [0.05, 0.1) is 11.7 Å². The molecular weight excluding hydrogens is 164 g/mol. The van der Waals surface area contributed by atoms with E-state index in [-0.39, 0.29) is 17.3 Å². The summed E-state index contributed by atoms with van der Waals surface area (Å²) >= 11 is 0. The smallest absolute Gasteiger partial charge is 0.163 e. The normalized spacial score (nSPS) is 34.6. The van der Waals surface area contributed by atoms with Gasteiger partial charge >= 0.3 is 0 Å². The Morgan fingerprint density at radius 2 is 1.77 bits per heavy atom.